The van der Waals surface area contributed by atoms with Gasteiger partial charge in [-0.2, -0.15) is 0 Å². The van der Waals surface area contributed by atoms with Gasteiger partial charge < -0.3 is 16.6 Å². The minimum Gasteiger partial charge on any atom is -0.478 e. The van der Waals surface area contributed by atoms with Crippen molar-refractivity contribution in [3.05, 3.63) is 29.8 Å². The van der Waals surface area contributed by atoms with E-state index in [4.69, 9.17) is 10.8 Å². The second-order valence-corrected chi connectivity index (χ2v) is 1.93. The van der Waals surface area contributed by atoms with Gasteiger partial charge in [-0.15, -0.1) is 0 Å². The minimum atomic E-state index is -0.931. The lowest BCUT2D eigenvalue weighted by Crippen LogP contribution is -1.95. The number of hydrogen-bond acceptors (Lipinski definition) is 3. The smallest absolute Gasteiger partial charge is 0.335 e. The van der Waals surface area contributed by atoms with E-state index in [1.165, 1.54) is 19.2 Å². The molecule has 0 heterocycles. The van der Waals surface area contributed by atoms with Crippen LogP contribution in [-0.4, -0.2) is 18.1 Å². The lowest BCUT2D eigenvalue weighted by Gasteiger charge is -1.93. The van der Waals surface area contributed by atoms with Crippen LogP contribution in [-0.2, 0) is 0 Å². The highest BCUT2D eigenvalue weighted by atomic mass is 16.4. The molecule has 0 aliphatic heterocycles. The molecule has 0 amide bonds. The lowest BCUT2D eigenvalue weighted by molar-refractivity contribution is 0.0697. The quantitative estimate of drug-likeness (QED) is 0.534. The SMILES string of the molecule is CN.Nc1ccc(C(=O)O)cc1. The Hall–Kier alpha value is -1.55. The summed E-state index contributed by atoms with van der Waals surface area (Å²) in [5.41, 5.74) is 10.7. The fourth-order valence-electron chi connectivity index (χ4n) is 0.626. The highest BCUT2D eigenvalue weighted by Crippen LogP contribution is 2.04. The monoisotopic (exact) mass is 168 g/mol. The maximum Gasteiger partial charge on any atom is 0.335 e. The Balaban J connectivity index is 0.000000561. The minimum absolute atomic E-state index is 0.259. The fourth-order valence-corrected chi connectivity index (χ4v) is 0.626. The van der Waals surface area contributed by atoms with Gasteiger partial charge in [-0.25, -0.2) is 4.79 Å². The second kappa shape index (κ2) is 5.15. The summed E-state index contributed by atoms with van der Waals surface area (Å²) in [4.78, 5) is 10.3. The molecule has 1 rings (SSSR count). The topological polar surface area (TPSA) is 89.3 Å². The van der Waals surface area contributed by atoms with Crippen molar-refractivity contribution in [1.82, 2.24) is 0 Å². The highest BCUT2D eigenvalue weighted by molar-refractivity contribution is 5.87. The van der Waals surface area contributed by atoms with E-state index >= 15 is 0 Å². The van der Waals surface area contributed by atoms with Crippen LogP contribution in [0.1, 0.15) is 10.4 Å². The third-order valence-corrected chi connectivity index (χ3v) is 1.16. The van der Waals surface area contributed by atoms with Crippen LogP contribution in [0.2, 0.25) is 0 Å². The van der Waals surface area contributed by atoms with Crippen LogP contribution in [0.25, 0.3) is 0 Å². The molecule has 5 N–H and O–H groups in total. The van der Waals surface area contributed by atoms with Gasteiger partial charge in [0.1, 0.15) is 0 Å². The largest absolute Gasteiger partial charge is 0.478 e. The van der Waals surface area contributed by atoms with Crippen LogP contribution in [0.3, 0.4) is 0 Å². The maximum absolute atomic E-state index is 10.3. The molecule has 0 radical (unpaired) electrons. The zero-order valence-electron chi connectivity index (χ0n) is 6.82. The van der Waals surface area contributed by atoms with Crippen LogP contribution in [0.15, 0.2) is 24.3 Å². The predicted molar refractivity (Wildman–Crippen MR) is 47.9 cm³/mol. The molecule has 0 aliphatic rings. The Morgan fingerprint density at radius 1 is 1.25 bits per heavy atom. The number of carboxylic acid groups (broad SMARTS) is 1. The molecule has 0 aliphatic carbocycles. The Kier molecular flexibility index (Phi) is 4.48. The molecule has 0 saturated carbocycles. The van der Waals surface area contributed by atoms with E-state index in [0.717, 1.165) is 0 Å². The third-order valence-electron chi connectivity index (χ3n) is 1.16. The first-order valence-corrected chi connectivity index (χ1v) is 3.37. The average molecular weight is 168 g/mol. The number of rotatable bonds is 1. The summed E-state index contributed by atoms with van der Waals surface area (Å²) in [5, 5.41) is 8.43. The van der Waals surface area contributed by atoms with E-state index in [-0.39, 0.29) is 5.56 Å². The summed E-state index contributed by atoms with van der Waals surface area (Å²) in [6.45, 7) is 0. The van der Waals surface area contributed by atoms with Crippen LogP contribution < -0.4 is 11.5 Å². The van der Waals surface area contributed by atoms with Gasteiger partial charge in [-0.1, -0.05) is 0 Å². The molecule has 66 valence electrons. The van der Waals surface area contributed by atoms with E-state index in [2.05, 4.69) is 5.73 Å². The molecule has 0 fully saturated rings. The van der Waals surface area contributed by atoms with Crippen LogP contribution >= 0.6 is 0 Å². The lowest BCUT2D eigenvalue weighted by atomic mass is 10.2. The van der Waals surface area contributed by atoms with Crippen molar-refractivity contribution in [2.24, 2.45) is 5.73 Å². The molecule has 0 saturated heterocycles. The van der Waals surface area contributed by atoms with Gasteiger partial charge in [0, 0.05) is 5.69 Å². The number of aromatic carboxylic acids is 1. The highest BCUT2D eigenvalue weighted by Gasteiger charge is 1.98. The fraction of sp³-hybridized carbons (Fsp3) is 0.125. The normalized spacial score (nSPS) is 8.17. The van der Waals surface area contributed by atoms with Gasteiger partial charge >= 0.3 is 5.97 Å². The van der Waals surface area contributed by atoms with E-state index < -0.39 is 5.97 Å². The molecule has 0 bridgehead atoms. The Bertz CT molecular complexity index is 244. The van der Waals surface area contributed by atoms with E-state index in [1.807, 2.05) is 0 Å². The predicted octanol–water partition coefficient (Wildman–Crippen LogP) is 0.542. The molecule has 1 aromatic carbocycles. The van der Waals surface area contributed by atoms with E-state index in [0.29, 0.717) is 5.69 Å². The number of benzene rings is 1. The first-order valence-electron chi connectivity index (χ1n) is 3.37. The Labute approximate surface area is 70.8 Å². The van der Waals surface area contributed by atoms with Crippen LogP contribution in [0.5, 0.6) is 0 Å². The van der Waals surface area contributed by atoms with Gasteiger partial charge in [-0.05, 0) is 31.3 Å². The molecule has 0 unspecified atom stereocenters. The number of carboxylic acids is 1. The summed E-state index contributed by atoms with van der Waals surface area (Å²) >= 11 is 0. The van der Waals surface area contributed by atoms with Crippen molar-refractivity contribution >= 4 is 11.7 Å². The Morgan fingerprint density at radius 3 is 2.00 bits per heavy atom. The van der Waals surface area contributed by atoms with Crippen molar-refractivity contribution in [1.29, 1.82) is 0 Å². The number of hydrogen-bond donors (Lipinski definition) is 3. The van der Waals surface area contributed by atoms with E-state index in [9.17, 15) is 4.79 Å². The molecular formula is C8H12N2O2. The van der Waals surface area contributed by atoms with Gasteiger partial charge in [0.05, 0.1) is 5.56 Å². The number of nitrogens with two attached hydrogens (primary N) is 2. The van der Waals surface area contributed by atoms with Crippen LogP contribution in [0.4, 0.5) is 5.69 Å². The van der Waals surface area contributed by atoms with Gasteiger partial charge in [0.15, 0.2) is 0 Å². The molecule has 1 aromatic rings. The number of nitrogen functional groups attached to an aromatic ring is 1. The molecule has 0 spiro atoms. The molecule has 12 heavy (non-hydrogen) atoms. The first-order chi connectivity index (χ1) is 5.70. The van der Waals surface area contributed by atoms with Crippen LogP contribution in [0, 0.1) is 0 Å². The Morgan fingerprint density at radius 2 is 1.67 bits per heavy atom. The second-order valence-electron chi connectivity index (χ2n) is 1.93. The maximum atomic E-state index is 10.3. The van der Waals surface area contributed by atoms with E-state index in [1.54, 1.807) is 12.1 Å². The number of anilines is 1. The van der Waals surface area contributed by atoms with Gasteiger partial charge in [0.25, 0.3) is 0 Å². The molecule has 4 heteroatoms. The average Bonchev–Trinajstić information content (AvgIpc) is 2.09. The zero-order chi connectivity index (χ0) is 9.56. The van der Waals surface area contributed by atoms with Crippen molar-refractivity contribution < 1.29 is 9.90 Å². The molecule has 0 aromatic heterocycles. The third kappa shape index (κ3) is 3.03. The summed E-state index contributed by atoms with van der Waals surface area (Å²) in [5.74, 6) is -0.931. The number of carbonyl (C=O) groups is 1. The van der Waals surface area contributed by atoms with Crippen molar-refractivity contribution in [3.63, 3.8) is 0 Å². The molecular weight excluding hydrogens is 156 g/mol. The summed E-state index contributed by atoms with van der Waals surface area (Å²) in [6.07, 6.45) is 0. The summed E-state index contributed by atoms with van der Waals surface area (Å²) in [6, 6.07) is 6.06. The van der Waals surface area contributed by atoms with Gasteiger partial charge in [0.2, 0.25) is 0 Å². The zero-order valence-corrected chi connectivity index (χ0v) is 6.82. The first kappa shape index (κ1) is 10.4. The standard InChI is InChI=1S/C7H7NO2.CH5N/c8-6-3-1-5(2-4-6)7(9)10;1-2/h1-4H,8H2,(H,9,10);2H2,1H3. The van der Waals surface area contributed by atoms with Crippen molar-refractivity contribution in [3.8, 4) is 0 Å². The van der Waals surface area contributed by atoms with Crippen molar-refractivity contribution in [2.75, 3.05) is 12.8 Å². The molecule has 0 atom stereocenters. The van der Waals surface area contributed by atoms with Crippen molar-refractivity contribution in [2.45, 2.75) is 0 Å². The van der Waals surface area contributed by atoms with Gasteiger partial charge in [-0.3, -0.25) is 0 Å². The molecule has 4 nitrogen and oxygen atoms in total. The summed E-state index contributed by atoms with van der Waals surface area (Å²) in [7, 11) is 1.50. The summed E-state index contributed by atoms with van der Waals surface area (Å²) < 4.78 is 0.